The second kappa shape index (κ2) is 3.66. The fraction of sp³-hybridized carbons (Fsp3) is 0.750. The van der Waals surface area contributed by atoms with Gasteiger partial charge < -0.3 is 10.0 Å². The zero-order valence-corrected chi connectivity index (χ0v) is 12.1. The van der Waals surface area contributed by atoms with Gasteiger partial charge in [-0.15, -0.1) is 0 Å². The SMILES string of the molecule is C[C@@H]1CN2C(=O)[C@H]3CCCC(=O)C4=C(O)C1CC2[C@]43C. The minimum atomic E-state index is -0.453. The Labute approximate surface area is 118 Å². The third-order valence-electron chi connectivity index (χ3n) is 6.34. The molecule has 5 atom stereocenters. The fourth-order valence-electron chi connectivity index (χ4n) is 5.31. The van der Waals surface area contributed by atoms with Gasteiger partial charge in [-0.2, -0.15) is 0 Å². The van der Waals surface area contributed by atoms with Gasteiger partial charge in [-0.1, -0.05) is 13.8 Å². The average Bonchev–Trinajstić information content (AvgIpc) is 2.53. The van der Waals surface area contributed by atoms with Gasteiger partial charge in [0.15, 0.2) is 5.78 Å². The van der Waals surface area contributed by atoms with Gasteiger partial charge in [0.1, 0.15) is 5.76 Å². The molecular formula is C16H21NO3. The van der Waals surface area contributed by atoms with Crippen LogP contribution in [-0.2, 0) is 9.59 Å². The molecule has 108 valence electrons. The summed E-state index contributed by atoms with van der Waals surface area (Å²) in [6.07, 6.45) is 2.85. The number of amides is 1. The molecule has 1 N–H and O–H groups in total. The van der Waals surface area contributed by atoms with Crippen molar-refractivity contribution in [2.75, 3.05) is 6.54 Å². The maximum Gasteiger partial charge on any atom is 0.226 e. The van der Waals surface area contributed by atoms with Crippen LogP contribution in [0.1, 0.15) is 39.5 Å². The lowest BCUT2D eigenvalue weighted by atomic mass is 9.59. The highest BCUT2D eigenvalue weighted by atomic mass is 16.3. The fourth-order valence-corrected chi connectivity index (χ4v) is 5.31. The second-order valence-corrected chi connectivity index (χ2v) is 7.24. The number of aliphatic hydroxyl groups is 1. The Hall–Kier alpha value is -1.32. The number of ketones is 1. The van der Waals surface area contributed by atoms with E-state index < -0.39 is 5.41 Å². The Morgan fingerprint density at radius 3 is 2.85 bits per heavy atom. The maximum atomic E-state index is 12.8. The third kappa shape index (κ3) is 1.19. The van der Waals surface area contributed by atoms with Gasteiger partial charge in [0.25, 0.3) is 0 Å². The predicted molar refractivity (Wildman–Crippen MR) is 72.9 cm³/mol. The van der Waals surface area contributed by atoms with E-state index in [2.05, 4.69) is 6.92 Å². The van der Waals surface area contributed by atoms with Crippen molar-refractivity contribution in [2.24, 2.45) is 23.2 Å². The van der Waals surface area contributed by atoms with Crippen molar-refractivity contribution in [1.82, 2.24) is 4.90 Å². The maximum absolute atomic E-state index is 12.8. The Bertz CT molecular complexity index is 552. The van der Waals surface area contributed by atoms with E-state index in [1.54, 1.807) is 0 Å². The van der Waals surface area contributed by atoms with Crippen LogP contribution >= 0.6 is 0 Å². The summed E-state index contributed by atoms with van der Waals surface area (Å²) in [7, 11) is 0. The molecule has 2 aliphatic carbocycles. The number of carbonyl (C=O) groups is 2. The van der Waals surface area contributed by atoms with Crippen molar-refractivity contribution < 1.29 is 14.7 Å². The number of rotatable bonds is 0. The number of nitrogens with zero attached hydrogens (tertiary/aromatic N) is 1. The first kappa shape index (κ1) is 12.4. The van der Waals surface area contributed by atoms with Crippen LogP contribution in [0.2, 0.25) is 0 Å². The summed E-state index contributed by atoms with van der Waals surface area (Å²) in [6, 6.07) is 0.120. The summed E-state index contributed by atoms with van der Waals surface area (Å²) in [5, 5.41) is 10.7. The van der Waals surface area contributed by atoms with Crippen LogP contribution in [0.25, 0.3) is 0 Å². The minimum absolute atomic E-state index is 0.0629. The monoisotopic (exact) mass is 275 g/mol. The summed E-state index contributed by atoms with van der Waals surface area (Å²) >= 11 is 0. The van der Waals surface area contributed by atoms with Crippen LogP contribution < -0.4 is 0 Å². The molecular weight excluding hydrogens is 254 g/mol. The van der Waals surface area contributed by atoms with E-state index >= 15 is 0 Å². The first-order valence-electron chi connectivity index (χ1n) is 7.73. The van der Waals surface area contributed by atoms with Gasteiger partial charge in [-0.25, -0.2) is 0 Å². The molecule has 0 radical (unpaired) electrons. The molecule has 1 amide bonds. The zero-order chi connectivity index (χ0) is 14.2. The van der Waals surface area contributed by atoms with E-state index in [-0.39, 0.29) is 35.5 Å². The standard InChI is InChI=1S/C16H21NO3/c1-8-7-17-12-6-9(8)14(19)13-11(18)5-3-4-10(15(17)20)16(12,13)2/h8-10,12,19H,3-7H2,1-2H3/t8-,9?,10-,12?,16-/m1/s1. The minimum Gasteiger partial charge on any atom is -0.512 e. The van der Waals surface area contributed by atoms with Crippen LogP contribution in [0.3, 0.4) is 0 Å². The number of hydrogen-bond donors (Lipinski definition) is 1. The lowest BCUT2D eigenvalue weighted by molar-refractivity contribution is -0.134. The Morgan fingerprint density at radius 2 is 2.10 bits per heavy atom. The number of fused-ring (bicyclic) bond motifs is 1. The van der Waals surface area contributed by atoms with Crippen LogP contribution in [0.5, 0.6) is 0 Å². The summed E-state index contributed by atoms with van der Waals surface area (Å²) in [5.41, 5.74) is 0.148. The van der Waals surface area contributed by atoms with Crippen molar-refractivity contribution >= 4 is 11.7 Å². The molecule has 0 aromatic carbocycles. The van der Waals surface area contributed by atoms with E-state index in [0.29, 0.717) is 17.8 Å². The molecule has 1 saturated carbocycles. The van der Waals surface area contributed by atoms with Crippen molar-refractivity contribution in [3.63, 3.8) is 0 Å². The number of Topliss-reactive ketones (excluding diaryl/α,β-unsaturated/α-hetero) is 1. The number of piperidine rings is 1. The molecule has 2 heterocycles. The molecule has 2 bridgehead atoms. The van der Waals surface area contributed by atoms with Gasteiger partial charge in [0, 0.05) is 41.8 Å². The lowest BCUT2D eigenvalue weighted by Crippen LogP contribution is -2.53. The first-order valence-corrected chi connectivity index (χ1v) is 7.73. The molecule has 2 aliphatic heterocycles. The molecule has 3 fully saturated rings. The summed E-state index contributed by atoms with van der Waals surface area (Å²) in [5.74, 6) is 0.786. The van der Waals surface area contributed by atoms with Crippen LogP contribution in [-0.4, -0.2) is 34.3 Å². The molecule has 0 aromatic heterocycles. The topological polar surface area (TPSA) is 57.6 Å². The molecule has 0 aromatic rings. The summed E-state index contributed by atoms with van der Waals surface area (Å²) in [6.45, 7) is 4.85. The molecule has 0 spiro atoms. The zero-order valence-electron chi connectivity index (χ0n) is 12.1. The number of carbonyl (C=O) groups excluding carboxylic acids is 2. The van der Waals surface area contributed by atoms with Crippen molar-refractivity contribution in [1.29, 1.82) is 0 Å². The Morgan fingerprint density at radius 1 is 1.35 bits per heavy atom. The lowest BCUT2D eigenvalue weighted by Gasteiger charge is -2.49. The summed E-state index contributed by atoms with van der Waals surface area (Å²) < 4.78 is 0. The van der Waals surface area contributed by atoms with Crippen molar-refractivity contribution in [3.05, 3.63) is 11.3 Å². The van der Waals surface area contributed by atoms with Crippen LogP contribution in [0, 0.1) is 23.2 Å². The van der Waals surface area contributed by atoms with Crippen LogP contribution in [0.15, 0.2) is 11.3 Å². The molecule has 20 heavy (non-hydrogen) atoms. The number of aliphatic hydroxyl groups excluding tert-OH is 1. The predicted octanol–water partition coefficient (Wildman–Crippen LogP) is 2.05. The Balaban J connectivity index is 2.00. The normalized spacial score (nSPS) is 46.8. The molecule has 4 aliphatic rings. The highest BCUT2D eigenvalue weighted by molar-refractivity contribution is 6.00. The van der Waals surface area contributed by atoms with Gasteiger partial charge in [-0.05, 0) is 25.2 Å². The quantitative estimate of drug-likeness (QED) is 0.736. The van der Waals surface area contributed by atoms with Gasteiger partial charge in [-0.3, -0.25) is 9.59 Å². The molecule has 4 rings (SSSR count). The van der Waals surface area contributed by atoms with Crippen molar-refractivity contribution in [2.45, 2.75) is 45.6 Å². The third-order valence-corrected chi connectivity index (χ3v) is 6.34. The van der Waals surface area contributed by atoms with Crippen molar-refractivity contribution in [3.8, 4) is 0 Å². The van der Waals surface area contributed by atoms with Crippen LogP contribution in [0.4, 0.5) is 0 Å². The summed E-state index contributed by atoms with van der Waals surface area (Å²) in [4.78, 5) is 27.3. The first-order chi connectivity index (χ1) is 9.46. The van der Waals surface area contributed by atoms with E-state index in [9.17, 15) is 14.7 Å². The highest BCUT2D eigenvalue weighted by Gasteiger charge is 2.65. The average molecular weight is 275 g/mol. The second-order valence-electron chi connectivity index (χ2n) is 7.24. The van der Waals surface area contributed by atoms with E-state index in [1.165, 1.54) is 0 Å². The molecule has 2 saturated heterocycles. The van der Waals surface area contributed by atoms with E-state index in [0.717, 1.165) is 25.8 Å². The Kier molecular flexibility index (Phi) is 2.27. The number of hydrogen-bond acceptors (Lipinski definition) is 3. The molecule has 2 unspecified atom stereocenters. The molecule has 4 heteroatoms. The molecule has 4 nitrogen and oxygen atoms in total. The van der Waals surface area contributed by atoms with Gasteiger partial charge in [0.05, 0.1) is 0 Å². The van der Waals surface area contributed by atoms with Gasteiger partial charge in [0.2, 0.25) is 5.91 Å². The van der Waals surface area contributed by atoms with E-state index in [4.69, 9.17) is 0 Å². The number of allylic oxidation sites excluding steroid dienone is 1. The smallest absolute Gasteiger partial charge is 0.226 e. The van der Waals surface area contributed by atoms with E-state index in [1.807, 2.05) is 11.8 Å². The largest absolute Gasteiger partial charge is 0.512 e. The van der Waals surface area contributed by atoms with Gasteiger partial charge >= 0.3 is 0 Å². The highest BCUT2D eigenvalue weighted by Crippen LogP contribution is 2.60.